The molecule has 8 heteroatoms. The molecule has 2 N–H and O–H groups in total. The van der Waals surface area contributed by atoms with Crippen LogP contribution in [0.25, 0.3) is 11.0 Å². The van der Waals surface area contributed by atoms with Crippen molar-refractivity contribution in [1.29, 1.82) is 0 Å². The van der Waals surface area contributed by atoms with Crippen LogP contribution in [0.1, 0.15) is 46.1 Å². The summed E-state index contributed by atoms with van der Waals surface area (Å²) in [6.45, 7) is 2.37. The van der Waals surface area contributed by atoms with Gasteiger partial charge in [0.05, 0.1) is 22.5 Å². The van der Waals surface area contributed by atoms with Crippen molar-refractivity contribution in [2.45, 2.75) is 31.8 Å². The molecule has 1 aliphatic carbocycles. The van der Waals surface area contributed by atoms with Gasteiger partial charge in [0.1, 0.15) is 5.82 Å². The summed E-state index contributed by atoms with van der Waals surface area (Å²) in [5.41, 5.74) is 4.60. The summed E-state index contributed by atoms with van der Waals surface area (Å²) in [6.07, 6.45) is 2.37. The molecular weight excluding hydrogens is 412 g/mol. The van der Waals surface area contributed by atoms with E-state index in [1.807, 2.05) is 42.5 Å². The zero-order valence-electron chi connectivity index (χ0n) is 17.3. The number of fused-ring (bicyclic) bond motifs is 1. The molecule has 1 saturated carbocycles. The molecule has 0 radical (unpaired) electrons. The van der Waals surface area contributed by atoms with Gasteiger partial charge in [0.2, 0.25) is 0 Å². The number of sulfone groups is 1. The standard InChI is InChI=1S/C23H26N4O3S/c28-23(19-7-8-20-21(13-19)26-22(25-20)18-5-6-18)24-14-16-1-3-17(4-2-16)15-27-9-11-31(29,30)12-10-27/h1-4,7-8,13,18H,5-6,9-12,14-15H2,(H,24,28)(H,25,26). The minimum Gasteiger partial charge on any atom is -0.348 e. The number of nitrogens with one attached hydrogen (secondary N) is 2. The third-order valence-electron chi connectivity index (χ3n) is 6.05. The van der Waals surface area contributed by atoms with Crippen LogP contribution in [0.5, 0.6) is 0 Å². The lowest BCUT2D eigenvalue weighted by Crippen LogP contribution is -2.39. The zero-order chi connectivity index (χ0) is 21.4. The molecule has 2 fully saturated rings. The van der Waals surface area contributed by atoms with Gasteiger partial charge in [-0.05, 0) is 42.2 Å². The van der Waals surface area contributed by atoms with E-state index in [2.05, 4.69) is 20.2 Å². The topological polar surface area (TPSA) is 95.2 Å². The number of aromatic amines is 1. The summed E-state index contributed by atoms with van der Waals surface area (Å²) in [7, 11) is -2.85. The largest absolute Gasteiger partial charge is 0.348 e. The van der Waals surface area contributed by atoms with E-state index in [4.69, 9.17) is 0 Å². The summed E-state index contributed by atoms with van der Waals surface area (Å²) in [5.74, 6) is 1.95. The van der Waals surface area contributed by atoms with E-state index in [1.165, 1.54) is 12.8 Å². The Bertz CT molecular complexity index is 1200. The molecule has 1 amide bonds. The summed E-state index contributed by atoms with van der Waals surface area (Å²) < 4.78 is 23.1. The lowest BCUT2D eigenvalue weighted by molar-refractivity contribution is 0.0951. The van der Waals surface area contributed by atoms with Crippen molar-refractivity contribution >= 4 is 26.8 Å². The number of rotatable bonds is 6. The number of carbonyl (C=O) groups is 1. The molecular formula is C23H26N4O3S. The van der Waals surface area contributed by atoms with Gasteiger partial charge < -0.3 is 10.3 Å². The van der Waals surface area contributed by atoms with Crippen LogP contribution in [0, 0.1) is 0 Å². The Morgan fingerprint density at radius 1 is 1.06 bits per heavy atom. The van der Waals surface area contributed by atoms with E-state index in [9.17, 15) is 13.2 Å². The van der Waals surface area contributed by atoms with Crippen LogP contribution in [-0.2, 0) is 22.9 Å². The first-order valence-corrected chi connectivity index (χ1v) is 12.6. The van der Waals surface area contributed by atoms with Crippen molar-refractivity contribution in [2.24, 2.45) is 0 Å². The van der Waals surface area contributed by atoms with E-state index in [1.54, 1.807) is 0 Å². The van der Waals surface area contributed by atoms with Gasteiger partial charge >= 0.3 is 0 Å². The maximum absolute atomic E-state index is 12.6. The van der Waals surface area contributed by atoms with Crippen molar-refractivity contribution in [2.75, 3.05) is 24.6 Å². The highest BCUT2D eigenvalue weighted by Crippen LogP contribution is 2.39. The molecule has 0 bridgehead atoms. The summed E-state index contributed by atoms with van der Waals surface area (Å²) in [5, 5.41) is 2.98. The SMILES string of the molecule is O=C(NCc1ccc(CN2CCS(=O)(=O)CC2)cc1)c1ccc2nc(C3CC3)[nH]c2c1. The average molecular weight is 439 g/mol. The Hall–Kier alpha value is -2.71. The van der Waals surface area contributed by atoms with Crippen LogP contribution in [-0.4, -0.2) is 53.8 Å². The molecule has 1 saturated heterocycles. The number of hydrogen-bond acceptors (Lipinski definition) is 5. The van der Waals surface area contributed by atoms with E-state index in [0.29, 0.717) is 31.1 Å². The van der Waals surface area contributed by atoms with E-state index < -0.39 is 9.84 Å². The monoisotopic (exact) mass is 438 g/mol. The van der Waals surface area contributed by atoms with Crippen LogP contribution >= 0.6 is 0 Å². The van der Waals surface area contributed by atoms with Crippen molar-refractivity contribution in [3.8, 4) is 0 Å². The first-order valence-electron chi connectivity index (χ1n) is 10.7. The predicted octanol–water partition coefficient (Wildman–Crippen LogP) is 2.60. The van der Waals surface area contributed by atoms with Gasteiger partial charge in [0.15, 0.2) is 9.84 Å². The number of benzene rings is 2. The fourth-order valence-corrected chi connectivity index (χ4v) is 5.21. The number of carbonyl (C=O) groups excluding carboxylic acids is 1. The molecule has 2 aliphatic rings. The van der Waals surface area contributed by atoms with Gasteiger partial charge in [-0.2, -0.15) is 0 Å². The van der Waals surface area contributed by atoms with Gasteiger partial charge in [-0.1, -0.05) is 24.3 Å². The van der Waals surface area contributed by atoms with Crippen LogP contribution in [0.15, 0.2) is 42.5 Å². The number of imidazole rings is 1. The highest BCUT2D eigenvalue weighted by molar-refractivity contribution is 7.91. The minimum absolute atomic E-state index is 0.108. The maximum atomic E-state index is 12.6. The minimum atomic E-state index is -2.85. The lowest BCUT2D eigenvalue weighted by atomic mass is 10.1. The Labute approximate surface area is 181 Å². The molecule has 1 aliphatic heterocycles. The van der Waals surface area contributed by atoms with Gasteiger partial charge in [-0.25, -0.2) is 13.4 Å². The second-order valence-electron chi connectivity index (χ2n) is 8.56. The number of H-pyrrole nitrogens is 1. The Morgan fingerprint density at radius 2 is 1.77 bits per heavy atom. The molecule has 0 spiro atoms. The van der Waals surface area contributed by atoms with Crippen LogP contribution in [0.2, 0.25) is 0 Å². The molecule has 1 aromatic heterocycles. The Morgan fingerprint density at radius 3 is 2.48 bits per heavy atom. The summed E-state index contributed by atoms with van der Waals surface area (Å²) >= 11 is 0. The van der Waals surface area contributed by atoms with Gasteiger partial charge in [-0.15, -0.1) is 0 Å². The van der Waals surface area contributed by atoms with Crippen LogP contribution in [0.3, 0.4) is 0 Å². The number of hydrogen-bond donors (Lipinski definition) is 2. The average Bonchev–Trinajstić information content (AvgIpc) is 3.53. The van der Waals surface area contributed by atoms with Crippen molar-refractivity contribution in [3.05, 3.63) is 65.0 Å². The molecule has 31 heavy (non-hydrogen) atoms. The number of aromatic nitrogens is 2. The maximum Gasteiger partial charge on any atom is 0.251 e. The Kier molecular flexibility index (Phi) is 5.27. The highest BCUT2D eigenvalue weighted by Gasteiger charge is 2.27. The third-order valence-corrected chi connectivity index (χ3v) is 7.65. The van der Waals surface area contributed by atoms with Crippen molar-refractivity contribution < 1.29 is 13.2 Å². The van der Waals surface area contributed by atoms with E-state index in [0.717, 1.165) is 34.5 Å². The highest BCUT2D eigenvalue weighted by atomic mass is 32.2. The molecule has 7 nitrogen and oxygen atoms in total. The van der Waals surface area contributed by atoms with Crippen molar-refractivity contribution in [3.63, 3.8) is 0 Å². The fraction of sp³-hybridized carbons (Fsp3) is 0.391. The Balaban J connectivity index is 1.16. The number of amides is 1. The molecule has 5 rings (SSSR count). The lowest BCUT2D eigenvalue weighted by Gasteiger charge is -2.26. The third kappa shape index (κ3) is 4.80. The van der Waals surface area contributed by atoms with Crippen LogP contribution in [0.4, 0.5) is 0 Å². The quantitative estimate of drug-likeness (QED) is 0.617. The van der Waals surface area contributed by atoms with E-state index in [-0.39, 0.29) is 17.4 Å². The summed E-state index contributed by atoms with van der Waals surface area (Å²) in [4.78, 5) is 22.7. The van der Waals surface area contributed by atoms with E-state index >= 15 is 0 Å². The second kappa shape index (κ2) is 8.09. The number of nitrogens with zero attached hydrogens (tertiary/aromatic N) is 2. The first kappa shape index (κ1) is 20.2. The normalized spacial score (nSPS) is 18.8. The fourth-order valence-electron chi connectivity index (χ4n) is 3.93. The van der Waals surface area contributed by atoms with Gasteiger partial charge in [-0.3, -0.25) is 9.69 Å². The molecule has 162 valence electrons. The van der Waals surface area contributed by atoms with Gasteiger partial charge in [0.25, 0.3) is 5.91 Å². The smallest absolute Gasteiger partial charge is 0.251 e. The second-order valence-corrected chi connectivity index (χ2v) is 10.9. The molecule has 0 atom stereocenters. The first-order chi connectivity index (χ1) is 14.9. The predicted molar refractivity (Wildman–Crippen MR) is 120 cm³/mol. The van der Waals surface area contributed by atoms with Gasteiger partial charge in [0, 0.05) is 37.7 Å². The molecule has 0 unspecified atom stereocenters. The van der Waals surface area contributed by atoms with Crippen molar-refractivity contribution in [1.82, 2.24) is 20.2 Å². The molecule has 2 heterocycles. The molecule has 3 aromatic rings. The summed E-state index contributed by atoms with van der Waals surface area (Å²) in [6, 6.07) is 13.7. The zero-order valence-corrected chi connectivity index (χ0v) is 18.1. The van der Waals surface area contributed by atoms with Crippen LogP contribution < -0.4 is 5.32 Å². The molecule has 2 aromatic carbocycles.